The molecule has 4 heterocycles. The Balaban J connectivity index is 1.50. The van der Waals surface area contributed by atoms with Crippen molar-refractivity contribution >= 4 is 49.1 Å². The number of carbonyl (C=O) groups excluding carboxylic acids is 1. The number of hydrogen-bond donors (Lipinski definition) is 2. The lowest BCUT2D eigenvalue weighted by Crippen LogP contribution is -2.36. The van der Waals surface area contributed by atoms with Crippen molar-refractivity contribution in [1.29, 1.82) is 5.26 Å². The largest absolute Gasteiger partial charge is 0.462 e. The number of hydrogen-bond acceptors (Lipinski definition) is 10. The Bertz CT molecular complexity index is 2030. The maximum Gasteiger partial charge on any atom is 0.417 e. The molecule has 50 heavy (non-hydrogen) atoms. The molecule has 2 aromatic carbocycles. The SMILES string of the molecule is C=CC(=O)N1CC[C@H](CNc2nc(OC[C@@H]3C[C@@H](OC)CN3C)nc3c(F)c(-c4ccc(F)c5sc(N)c(C#N)c45)c(C(F)(F)F)cc23)[C@H]1C. The summed E-state index contributed by atoms with van der Waals surface area (Å²) in [6, 6.07) is 3.89. The maximum atomic E-state index is 16.9. The van der Waals surface area contributed by atoms with E-state index < -0.39 is 34.5 Å². The van der Waals surface area contributed by atoms with Gasteiger partial charge >= 0.3 is 12.2 Å². The molecule has 0 radical (unpaired) electrons. The molecule has 4 atom stereocenters. The second kappa shape index (κ2) is 13.6. The number of carbonyl (C=O) groups is 1. The van der Waals surface area contributed by atoms with Gasteiger partial charge in [-0.1, -0.05) is 12.6 Å². The van der Waals surface area contributed by atoms with Crippen molar-refractivity contribution in [2.75, 3.05) is 51.4 Å². The number of aromatic nitrogens is 2. The summed E-state index contributed by atoms with van der Waals surface area (Å²) >= 11 is 0.687. The molecule has 10 nitrogen and oxygen atoms in total. The molecule has 0 spiro atoms. The van der Waals surface area contributed by atoms with E-state index in [-0.39, 0.29) is 86.6 Å². The smallest absolute Gasteiger partial charge is 0.417 e. The summed E-state index contributed by atoms with van der Waals surface area (Å²) in [5, 5.41) is 12.3. The van der Waals surface area contributed by atoms with E-state index in [4.69, 9.17) is 15.2 Å². The normalized spacial score (nSPS) is 21.2. The molecular formula is C34H34F5N7O3S. The van der Waals surface area contributed by atoms with E-state index in [0.29, 0.717) is 37.3 Å². The van der Waals surface area contributed by atoms with Crippen molar-refractivity contribution in [3.8, 4) is 23.2 Å². The van der Waals surface area contributed by atoms with Crippen LogP contribution in [0.15, 0.2) is 30.9 Å². The predicted molar refractivity (Wildman–Crippen MR) is 180 cm³/mol. The minimum Gasteiger partial charge on any atom is -0.462 e. The molecule has 2 aliphatic heterocycles. The molecule has 0 saturated carbocycles. The second-order valence-electron chi connectivity index (χ2n) is 12.5. The quantitative estimate of drug-likeness (QED) is 0.154. The second-order valence-corrected chi connectivity index (χ2v) is 13.6. The highest BCUT2D eigenvalue weighted by Gasteiger charge is 2.39. The van der Waals surface area contributed by atoms with Crippen LogP contribution in [-0.4, -0.2) is 84.3 Å². The number of likely N-dealkylation sites (N-methyl/N-ethyl adjacent to an activating group) is 1. The Labute approximate surface area is 288 Å². The number of nitriles is 1. The van der Waals surface area contributed by atoms with Gasteiger partial charge in [0.25, 0.3) is 0 Å². The molecular weight excluding hydrogens is 681 g/mol. The van der Waals surface area contributed by atoms with Crippen LogP contribution in [0.3, 0.4) is 0 Å². The summed E-state index contributed by atoms with van der Waals surface area (Å²) in [7, 11) is 3.50. The number of alkyl halides is 3. The van der Waals surface area contributed by atoms with Gasteiger partial charge in [-0.3, -0.25) is 9.69 Å². The van der Waals surface area contributed by atoms with Gasteiger partial charge in [0.2, 0.25) is 5.91 Å². The number of nitrogens with one attached hydrogen (secondary N) is 1. The molecule has 264 valence electrons. The van der Waals surface area contributed by atoms with Crippen LogP contribution in [0.2, 0.25) is 0 Å². The van der Waals surface area contributed by atoms with Gasteiger partial charge in [0.1, 0.15) is 34.8 Å². The van der Waals surface area contributed by atoms with Crippen LogP contribution >= 0.6 is 11.3 Å². The maximum absolute atomic E-state index is 16.9. The van der Waals surface area contributed by atoms with Gasteiger partial charge in [0.15, 0.2) is 5.82 Å². The Morgan fingerprint density at radius 2 is 2.06 bits per heavy atom. The Morgan fingerprint density at radius 3 is 2.72 bits per heavy atom. The lowest BCUT2D eigenvalue weighted by molar-refractivity contribution is -0.137. The van der Waals surface area contributed by atoms with Crippen LogP contribution in [0, 0.1) is 28.9 Å². The molecule has 2 fully saturated rings. The molecule has 1 amide bonds. The van der Waals surface area contributed by atoms with Crippen LogP contribution in [0.25, 0.3) is 32.1 Å². The number of halogens is 5. The van der Waals surface area contributed by atoms with Crippen molar-refractivity contribution in [3.63, 3.8) is 0 Å². The third-order valence-electron chi connectivity index (χ3n) is 9.71. The highest BCUT2D eigenvalue weighted by atomic mass is 32.1. The zero-order chi connectivity index (χ0) is 36.1. The number of fused-ring (bicyclic) bond motifs is 2. The molecule has 4 aromatic rings. The first kappa shape index (κ1) is 35.2. The number of ether oxygens (including phenoxy) is 2. The van der Waals surface area contributed by atoms with Gasteiger partial charge in [0, 0.05) is 55.2 Å². The molecule has 6 rings (SSSR count). The molecule has 0 aliphatic carbocycles. The number of anilines is 2. The fourth-order valence-corrected chi connectivity index (χ4v) is 7.85. The molecule has 2 aromatic heterocycles. The van der Waals surface area contributed by atoms with Crippen LogP contribution in [-0.2, 0) is 15.7 Å². The summed E-state index contributed by atoms with van der Waals surface area (Å²) in [5.74, 6) is -2.62. The number of benzene rings is 2. The Morgan fingerprint density at radius 1 is 1.30 bits per heavy atom. The van der Waals surface area contributed by atoms with Gasteiger partial charge < -0.3 is 25.4 Å². The lowest BCUT2D eigenvalue weighted by atomic mass is 9.92. The van der Waals surface area contributed by atoms with Gasteiger partial charge in [0.05, 0.1) is 21.9 Å². The van der Waals surface area contributed by atoms with E-state index in [0.717, 1.165) is 18.2 Å². The number of methoxy groups -OCH3 is 1. The fraction of sp³-hybridized carbons (Fsp3) is 0.412. The average molecular weight is 716 g/mol. The summed E-state index contributed by atoms with van der Waals surface area (Å²) < 4.78 is 87.6. The Kier molecular flexibility index (Phi) is 9.59. The third kappa shape index (κ3) is 6.29. The van der Waals surface area contributed by atoms with Gasteiger partial charge in [-0.05, 0) is 56.5 Å². The van der Waals surface area contributed by atoms with E-state index in [2.05, 4.69) is 21.9 Å². The topological polar surface area (TPSA) is 130 Å². The van der Waals surface area contributed by atoms with Crippen molar-refractivity contribution in [1.82, 2.24) is 19.8 Å². The average Bonchev–Trinajstić information content (AvgIpc) is 3.75. The number of likely N-dealkylation sites (tertiary alicyclic amines) is 2. The zero-order valence-electron chi connectivity index (χ0n) is 27.4. The number of nitrogens with two attached hydrogens (primary N) is 1. The first-order valence-corrected chi connectivity index (χ1v) is 16.6. The zero-order valence-corrected chi connectivity index (χ0v) is 28.2. The third-order valence-corrected chi connectivity index (χ3v) is 10.7. The van der Waals surface area contributed by atoms with Crippen molar-refractivity contribution in [2.24, 2.45) is 5.92 Å². The number of nitrogens with zero attached hydrogens (tertiary/aromatic N) is 5. The first-order valence-electron chi connectivity index (χ1n) is 15.8. The van der Waals surface area contributed by atoms with Crippen LogP contribution in [0.4, 0.5) is 32.8 Å². The lowest BCUT2D eigenvalue weighted by Gasteiger charge is -2.24. The van der Waals surface area contributed by atoms with Crippen LogP contribution in [0.5, 0.6) is 6.01 Å². The molecule has 16 heteroatoms. The summed E-state index contributed by atoms with van der Waals surface area (Å²) in [4.78, 5) is 24.7. The van der Waals surface area contributed by atoms with Crippen LogP contribution in [0.1, 0.15) is 30.9 Å². The minimum atomic E-state index is -5.09. The van der Waals surface area contributed by atoms with Crippen molar-refractivity contribution < 1.29 is 36.2 Å². The Hall–Kier alpha value is -4.59. The molecule has 2 saturated heterocycles. The van der Waals surface area contributed by atoms with Gasteiger partial charge in [-0.15, -0.1) is 11.3 Å². The number of nitrogen functional groups attached to an aromatic ring is 1. The van der Waals surface area contributed by atoms with Crippen LogP contribution < -0.4 is 15.8 Å². The highest BCUT2D eigenvalue weighted by Crippen LogP contribution is 2.47. The highest BCUT2D eigenvalue weighted by molar-refractivity contribution is 7.23. The molecule has 0 unspecified atom stereocenters. The van der Waals surface area contributed by atoms with E-state index >= 15 is 4.39 Å². The van der Waals surface area contributed by atoms with Gasteiger partial charge in [-0.2, -0.15) is 28.4 Å². The minimum absolute atomic E-state index is 0.0259. The monoisotopic (exact) mass is 715 g/mol. The number of thiophene rings is 1. The first-order chi connectivity index (χ1) is 23.8. The van der Waals surface area contributed by atoms with E-state index in [1.165, 1.54) is 6.08 Å². The van der Waals surface area contributed by atoms with E-state index in [1.807, 2.05) is 24.9 Å². The van der Waals surface area contributed by atoms with Gasteiger partial charge in [-0.25, -0.2) is 8.78 Å². The molecule has 2 aliphatic rings. The summed E-state index contributed by atoms with van der Waals surface area (Å²) in [5.41, 5.74) is 2.56. The molecule has 3 N–H and O–H groups in total. The summed E-state index contributed by atoms with van der Waals surface area (Å²) in [6.07, 6.45) is -2.65. The standard InChI is InChI=1S/C34H34F5N7O3S/c1-5-25(47)46-9-8-17(16(46)2)13-42-32-21-11-23(34(37,38)39)27(20-6-7-24(35)30-26(20)22(12-40)31(41)50-30)28(36)29(21)43-33(44-32)49-15-18-10-19(48-4)14-45(18)3/h5-7,11,16-19H,1,8-10,13-15,41H2,2-4H3,(H,42,43,44)/t16-,17-,18+,19-/m1/s1. The van der Waals surface area contributed by atoms with Crippen molar-refractivity contribution in [3.05, 3.63) is 53.6 Å². The number of amides is 1. The van der Waals surface area contributed by atoms with E-state index in [1.54, 1.807) is 12.0 Å². The summed E-state index contributed by atoms with van der Waals surface area (Å²) in [6.45, 7) is 6.81. The van der Waals surface area contributed by atoms with Crippen molar-refractivity contribution in [2.45, 2.75) is 44.1 Å². The molecule has 0 bridgehead atoms. The fourth-order valence-electron chi connectivity index (χ4n) is 6.90. The number of rotatable bonds is 9. The van der Waals surface area contributed by atoms with E-state index in [9.17, 15) is 27.6 Å². The predicted octanol–water partition coefficient (Wildman–Crippen LogP) is 6.20.